The Labute approximate surface area is 179 Å². The fourth-order valence-electron chi connectivity index (χ4n) is 4.08. The Bertz CT molecular complexity index is 1020. The smallest absolute Gasteiger partial charge is 0.201 e. The van der Waals surface area contributed by atoms with Crippen molar-refractivity contribution in [3.63, 3.8) is 0 Å². The van der Waals surface area contributed by atoms with E-state index in [-0.39, 0.29) is 0 Å². The molecule has 1 fully saturated rings. The Morgan fingerprint density at radius 1 is 1.00 bits per heavy atom. The number of aromatic nitrogens is 1. The van der Waals surface area contributed by atoms with Crippen molar-refractivity contribution in [2.75, 3.05) is 13.1 Å². The van der Waals surface area contributed by atoms with Crippen molar-refractivity contribution >= 4 is 10.9 Å². The molecule has 0 amide bonds. The summed E-state index contributed by atoms with van der Waals surface area (Å²) in [5.74, 6) is 1.42. The van der Waals surface area contributed by atoms with Gasteiger partial charge in [-0.15, -0.1) is 0 Å². The molecule has 4 rings (SSSR count). The summed E-state index contributed by atoms with van der Waals surface area (Å²) in [6, 6.07) is 20.6. The second kappa shape index (κ2) is 10.0. The SMILES string of the molecule is O=[SH](=O)NCc1cccc(C2CCN(Cc3cc(Cc4ccccc4)no3)CC2)c1. The van der Waals surface area contributed by atoms with E-state index in [1.165, 1.54) is 11.1 Å². The number of thiol groups is 1. The van der Waals surface area contributed by atoms with Crippen molar-refractivity contribution in [2.45, 2.75) is 38.3 Å². The van der Waals surface area contributed by atoms with Gasteiger partial charge in [0.1, 0.15) is 0 Å². The lowest BCUT2D eigenvalue weighted by molar-refractivity contribution is 0.184. The van der Waals surface area contributed by atoms with Gasteiger partial charge in [-0.05, 0) is 48.5 Å². The van der Waals surface area contributed by atoms with Crippen molar-refractivity contribution in [3.05, 3.63) is 88.8 Å². The number of rotatable bonds is 8. The topological polar surface area (TPSA) is 75.4 Å². The number of nitrogens with zero attached hydrogens (tertiary/aromatic N) is 2. The average Bonchev–Trinajstić information content (AvgIpc) is 3.20. The molecule has 0 bridgehead atoms. The van der Waals surface area contributed by atoms with Crippen LogP contribution in [0, 0.1) is 0 Å². The lowest BCUT2D eigenvalue weighted by Gasteiger charge is -2.31. The molecule has 1 aliphatic heterocycles. The van der Waals surface area contributed by atoms with Crippen molar-refractivity contribution in [3.8, 4) is 0 Å². The molecule has 3 aromatic rings. The number of likely N-dealkylation sites (tertiary alicyclic amines) is 1. The molecule has 2 heterocycles. The molecule has 1 saturated heterocycles. The number of hydrogen-bond acceptors (Lipinski definition) is 5. The number of hydrogen-bond donors (Lipinski definition) is 2. The summed E-state index contributed by atoms with van der Waals surface area (Å²) in [7, 11) is -2.56. The number of piperidine rings is 1. The van der Waals surface area contributed by atoms with Crippen LogP contribution in [0.3, 0.4) is 0 Å². The standard InChI is InChI=1S/C23H27N3O3S/c27-30(28)24-16-19-7-4-8-21(13-19)20-9-11-26(12-10-20)17-23-15-22(25-29-23)14-18-5-2-1-3-6-18/h1-8,13,15,20,30H,9-12,14,16-17H2,(H,24,27,28). The molecule has 1 aromatic heterocycles. The highest BCUT2D eigenvalue weighted by atomic mass is 32.2. The average molecular weight is 426 g/mol. The highest BCUT2D eigenvalue weighted by Crippen LogP contribution is 2.29. The first-order chi connectivity index (χ1) is 14.7. The molecular formula is C23H27N3O3S. The molecule has 6 nitrogen and oxygen atoms in total. The van der Waals surface area contributed by atoms with Crippen molar-refractivity contribution in [1.29, 1.82) is 0 Å². The third-order valence-electron chi connectivity index (χ3n) is 5.64. The Morgan fingerprint density at radius 2 is 1.77 bits per heavy atom. The summed E-state index contributed by atoms with van der Waals surface area (Å²) in [6.45, 7) is 3.15. The summed E-state index contributed by atoms with van der Waals surface area (Å²) in [5, 5.41) is 4.23. The normalized spacial score (nSPS) is 15.6. The molecule has 1 aliphatic rings. The Hall–Kier alpha value is -2.48. The zero-order valence-electron chi connectivity index (χ0n) is 16.9. The van der Waals surface area contributed by atoms with Gasteiger partial charge >= 0.3 is 0 Å². The van der Waals surface area contributed by atoms with Gasteiger partial charge in [0.05, 0.1) is 12.2 Å². The predicted molar refractivity (Wildman–Crippen MR) is 117 cm³/mol. The second-order valence-electron chi connectivity index (χ2n) is 7.83. The van der Waals surface area contributed by atoms with E-state index in [0.29, 0.717) is 12.5 Å². The molecule has 0 spiro atoms. The zero-order valence-corrected chi connectivity index (χ0v) is 17.8. The lowest BCUT2D eigenvalue weighted by Crippen LogP contribution is -2.32. The first kappa shape index (κ1) is 20.8. The highest BCUT2D eigenvalue weighted by molar-refractivity contribution is 7.70. The maximum absolute atomic E-state index is 10.7. The molecule has 2 aromatic carbocycles. The fraction of sp³-hybridized carbons (Fsp3) is 0.348. The van der Waals surface area contributed by atoms with Crippen LogP contribution in [0.25, 0.3) is 0 Å². The van der Waals surface area contributed by atoms with Gasteiger partial charge in [0.25, 0.3) is 0 Å². The Balaban J connectivity index is 1.28. The van der Waals surface area contributed by atoms with Crippen molar-refractivity contribution < 1.29 is 12.9 Å². The second-order valence-corrected chi connectivity index (χ2v) is 8.66. The molecule has 0 aliphatic carbocycles. The third kappa shape index (κ3) is 5.78. The molecule has 0 atom stereocenters. The van der Waals surface area contributed by atoms with E-state index in [0.717, 1.165) is 55.9 Å². The van der Waals surface area contributed by atoms with Gasteiger partial charge in [0, 0.05) is 19.0 Å². The molecule has 7 heteroatoms. The molecule has 0 radical (unpaired) electrons. The minimum atomic E-state index is -2.56. The van der Waals surface area contributed by atoms with Crippen LogP contribution < -0.4 is 4.72 Å². The van der Waals surface area contributed by atoms with Crippen LogP contribution in [0.5, 0.6) is 0 Å². The van der Waals surface area contributed by atoms with Gasteiger partial charge < -0.3 is 4.52 Å². The van der Waals surface area contributed by atoms with Crippen LogP contribution in [0.1, 0.15) is 46.9 Å². The van der Waals surface area contributed by atoms with Gasteiger partial charge in [-0.25, -0.2) is 13.1 Å². The van der Waals surface area contributed by atoms with E-state index < -0.39 is 10.9 Å². The minimum Gasteiger partial charge on any atom is -0.360 e. The number of nitrogens with one attached hydrogen (secondary N) is 1. The molecular weight excluding hydrogens is 398 g/mol. The van der Waals surface area contributed by atoms with Crippen LogP contribution >= 0.6 is 0 Å². The monoisotopic (exact) mass is 425 g/mol. The van der Waals surface area contributed by atoms with Gasteiger partial charge in [0.2, 0.25) is 10.9 Å². The van der Waals surface area contributed by atoms with Gasteiger partial charge in [-0.3, -0.25) is 4.90 Å². The fourth-order valence-corrected chi connectivity index (χ4v) is 4.39. The Morgan fingerprint density at radius 3 is 2.53 bits per heavy atom. The van der Waals surface area contributed by atoms with E-state index >= 15 is 0 Å². The van der Waals surface area contributed by atoms with Crippen molar-refractivity contribution in [2.24, 2.45) is 0 Å². The lowest BCUT2D eigenvalue weighted by atomic mass is 9.88. The first-order valence-electron chi connectivity index (χ1n) is 10.3. The van der Waals surface area contributed by atoms with Crippen molar-refractivity contribution in [1.82, 2.24) is 14.8 Å². The van der Waals surface area contributed by atoms with Gasteiger partial charge in [-0.1, -0.05) is 59.8 Å². The van der Waals surface area contributed by atoms with Crippen LogP contribution in [0.15, 0.2) is 65.2 Å². The highest BCUT2D eigenvalue weighted by Gasteiger charge is 2.22. The van der Waals surface area contributed by atoms with E-state index in [9.17, 15) is 8.42 Å². The van der Waals surface area contributed by atoms with E-state index in [4.69, 9.17) is 4.52 Å². The first-order valence-corrected chi connectivity index (χ1v) is 11.5. The largest absolute Gasteiger partial charge is 0.360 e. The molecule has 0 saturated carbocycles. The maximum Gasteiger partial charge on any atom is 0.201 e. The molecule has 30 heavy (non-hydrogen) atoms. The summed E-state index contributed by atoms with van der Waals surface area (Å²) in [6.07, 6.45) is 2.95. The maximum atomic E-state index is 10.7. The summed E-state index contributed by atoms with van der Waals surface area (Å²) in [5.41, 5.74) is 4.50. The molecule has 158 valence electrons. The molecule has 0 unspecified atom stereocenters. The van der Waals surface area contributed by atoms with E-state index in [1.54, 1.807) is 0 Å². The Kier molecular flexibility index (Phi) is 6.94. The summed E-state index contributed by atoms with van der Waals surface area (Å²) >= 11 is 0. The van der Waals surface area contributed by atoms with Crippen LogP contribution in [-0.4, -0.2) is 31.6 Å². The van der Waals surface area contributed by atoms with Gasteiger partial charge in [-0.2, -0.15) is 0 Å². The zero-order chi connectivity index (χ0) is 20.8. The van der Waals surface area contributed by atoms with Crippen LogP contribution in [-0.2, 0) is 30.4 Å². The van der Waals surface area contributed by atoms with Gasteiger partial charge in [0.15, 0.2) is 5.76 Å². The van der Waals surface area contributed by atoms with Crippen LogP contribution in [0.4, 0.5) is 0 Å². The molecule has 1 N–H and O–H groups in total. The van der Waals surface area contributed by atoms with E-state index in [2.05, 4.69) is 45.1 Å². The number of benzene rings is 2. The quantitative estimate of drug-likeness (QED) is 0.542. The van der Waals surface area contributed by atoms with Crippen LogP contribution in [0.2, 0.25) is 0 Å². The summed E-state index contributed by atoms with van der Waals surface area (Å²) < 4.78 is 29.5. The summed E-state index contributed by atoms with van der Waals surface area (Å²) in [4.78, 5) is 2.41. The third-order valence-corrected chi connectivity index (χ3v) is 6.05. The van der Waals surface area contributed by atoms with E-state index in [1.807, 2.05) is 30.3 Å². The minimum absolute atomic E-state index is 0.349. The predicted octanol–water partition coefficient (Wildman–Crippen LogP) is 3.26.